The van der Waals surface area contributed by atoms with Crippen LogP contribution >= 0.6 is 0 Å². The van der Waals surface area contributed by atoms with Crippen molar-refractivity contribution < 1.29 is 9.13 Å². The number of aryl methyl sites for hydroxylation is 2. The molecule has 0 spiro atoms. The Bertz CT molecular complexity index is 1160. The highest BCUT2D eigenvalue weighted by Gasteiger charge is 2.19. The molecule has 3 aromatic rings. The van der Waals surface area contributed by atoms with Crippen LogP contribution in [0.3, 0.4) is 0 Å². The lowest BCUT2D eigenvalue weighted by Crippen LogP contribution is -2.28. The molecule has 34 heavy (non-hydrogen) atoms. The molecule has 3 heterocycles. The first-order chi connectivity index (χ1) is 16.6. The molecule has 1 saturated carbocycles. The average Bonchev–Trinajstić information content (AvgIpc) is 3.09. The van der Waals surface area contributed by atoms with Gasteiger partial charge in [-0.15, -0.1) is 0 Å². The van der Waals surface area contributed by atoms with Gasteiger partial charge in [0, 0.05) is 37.5 Å². The quantitative estimate of drug-likeness (QED) is 0.449. The van der Waals surface area contributed by atoms with E-state index in [4.69, 9.17) is 4.74 Å². The van der Waals surface area contributed by atoms with Crippen molar-refractivity contribution in [3.8, 4) is 5.75 Å². The Morgan fingerprint density at radius 2 is 2.03 bits per heavy atom. The summed E-state index contributed by atoms with van der Waals surface area (Å²) in [6.07, 6.45) is 12.0. The zero-order chi connectivity index (χ0) is 23.9. The molecule has 2 atom stereocenters. The van der Waals surface area contributed by atoms with E-state index < -0.39 is 0 Å². The molecule has 0 saturated heterocycles. The van der Waals surface area contributed by atoms with Crippen molar-refractivity contribution in [2.24, 2.45) is 5.92 Å². The van der Waals surface area contributed by atoms with Gasteiger partial charge >= 0.3 is 0 Å². The van der Waals surface area contributed by atoms with E-state index in [0.717, 1.165) is 42.3 Å². The highest BCUT2D eigenvalue weighted by Crippen LogP contribution is 2.27. The number of ether oxygens (including phenoxy) is 1. The van der Waals surface area contributed by atoms with Gasteiger partial charge in [0.2, 0.25) is 0 Å². The summed E-state index contributed by atoms with van der Waals surface area (Å²) in [4.78, 5) is 21.2. The molecule has 4 rings (SSSR count). The molecular formula is C27H35FN4O2. The van der Waals surface area contributed by atoms with Crippen molar-refractivity contribution in [1.29, 1.82) is 0 Å². The maximum atomic E-state index is 14.0. The summed E-state index contributed by atoms with van der Waals surface area (Å²) >= 11 is 0. The molecule has 1 aliphatic carbocycles. The normalized spacial score (nSPS) is 18.7. The van der Waals surface area contributed by atoms with E-state index >= 15 is 0 Å². The van der Waals surface area contributed by atoms with E-state index in [9.17, 15) is 9.18 Å². The minimum Gasteiger partial charge on any atom is -0.495 e. The van der Waals surface area contributed by atoms with Crippen LogP contribution in [-0.4, -0.2) is 27.7 Å². The first-order valence-electron chi connectivity index (χ1n) is 12.5. The first kappa shape index (κ1) is 24.3. The van der Waals surface area contributed by atoms with Crippen molar-refractivity contribution in [3.63, 3.8) is 0 Å². The van der Waals surface area contributed by atoms with Gasteiger partial charge < -0.3 is 14.6 Å². The molecule has 6 nitrogen and oxygen atoms in total. The minimum atomic E-state index is -0.206. The molecule has 1 N–H and O–H groups in total. The summed E-state index contributed by atoms with van der Waals surface area (Å²) in [5.41, 5.74) is 3.08. The van der Waals surface area contributed by atoms with E-state index in [1.807, 2.05) is 17.6 Å². The molecule has 1 aliphatic rings. The zero-order valence-electron chi connectivity index (χ0n) is 20.2. The van der Waals surface area contributed by atoms with Crippen molar-refractivity contribution >= 4 is 11.0 Å². The molecule has 0 aromatic carbocycles. The number of aromatic nitrogens is 3. The SMILES string of the molecule is CCc1ncc(CNC2CCCC(CCCn3c(=O)ccc4ncc(OC)cc43)CC2)cc1F. The van der Waals surface area contributed by atoms with Gasteiger partial charge in [-0.3, -0.25) is 14.8 Å². The predicted octanol–water partition coefficient (Wildman–Crippen LogP) is 5.02. The molecule has 2 unspecified atom stereocenters. The number of hydrogen-bond acceptors (Lipinski definition) is 5. The van der Waals surface area contributed by atoms with Gasteiger partial charge in [0.05, 0.1) is 30.0 Å². The van der Waals surface area contributed by atoms with Gasteiger partial charge in [0.15, 0.2) is 0 Å². The summed E-state index contributed by atoms with van der Waals surface area (Å²) < 4.78 is 21.1. The largest absolute Gasteiger partial charge is 0.495 e. The topological polar surface area (TPSA) is 69.0 Å². The number of fused-ring (bicyclic) bond motifs is 1. The molecule has 0 aliphatic heterocycles. The Morgan fingerprint density at radius 1 is 1.15 bits per heavy atom. The van der Waals surface area contributed by atoms with Crippen LogP contribution in [0, 0.1) is 11.7 Å². The van der Waals surface area contributed by atoms with Gasteiger partial charge in [-0.2, -0.15) is 0 Å². The Hall–Kier alpha value is -2.80. The van der Waals surface area contributed by atoms with E-state index in [1.54, 1.807) is 37.7 Å². The van der Waals surface area contributed by atoms with Crippen LogP contribution in [0.5, 0.6) is 5.75 Å². The molecule has 182 valence electrons. The zero-order valence-corrected chi connectivity index (χ0v) is 20.2. The lowest BCUT2D eigenvalue weighted by molar-refractivity contribution is 0.392. The number of methoxy groups -OCH3 is 1. The van der Waals surface area contributed by atoms with Crippen LogP contribution in [-0.2, 0) is 19.5 Å². The Labute approximate surface area is 200 Å². The third kappa shape index (κ3) is 6.00. The fraction of sp³-hybridized carbons (Fsp3) is 0.519. The van der Waals surface area contributed by atoms with Crippen LogP contribution in [0.1, 0.15) is 63.1 Å². The summed E-state index contributed by atoms with van der Waals surface area (Å²) in [6, 6.07) is 7.33. The molecule has 0 amide bonds. The lowest BCUT2D eigenvalue weighted by atomic mass is 9.95. The van der Waals surface area contributed by atoms with E-state index in [1.165, 1.54) is 19.3 Å². The number of nitrogens with zero attached hydrogens (tertiary/aromatic N) is 3. The number of pyridine rings is 3. The fourth-order valence-electron chi connectivity index (χ4n) is 5.03. The number of halogens is 1. The summed E-state index contributed by atoms with van der Waals surface area (Å²) in [6.45, 7) is 3.26. The second-order valence-electron chi connectivity index (χ2n) is 9.32. The molecule has 1 fully saturated rings. The summed E-state index contributed by atoms with van der Waals surface area (Å²) in [5, 5.41) is 3.61. The highest BCUT2D eigenvalue weighted by atomic mass is 19.1. The monoisotopic (exact) mass is 466 g/mol. The second kappa shape index (κ2) is 11.6. The van der Waals surface area contributed by atoms with E-state index in [0.29, 0.717) is 42.9 Å². The summed E-state index contributed by atoms with van der Waals surface area (Å²) in [7, 11) is 1.61. The van der Waals surface area contributed by atoms with Crippen LogP contribution in [0.15, 0.2) is 41.5 Å². The fourth-order valence-corrected chi connectivity index (χ4v) is 5.03. The van der Waals surface area contributed by atoms with Gasteiger partial charge in [-0.05, 0) is 62.1 Å². The average molecular weight is 467 g/mol. The predicted molar refractivity (Wildman–Crippen MR) is 133 cm³/mol. The summed E-state index contributed by atoms with van der Waals surface area (Å²) in [5.74, 6) is 1.13. The van der Waals surface area contributed by atoms with Crippen molar-refractivity contribution in [3.05, 3.63) is 64.1 Å². The standard InChI is InChI=1S/C27H35FN4O2/c1-3-24-23(28)14-20(17-30-24)16-29-21-8-4-6-19(9-10-21)7-5-13-32-26-15-22(34-2)18-31-25(26)11-12-27(32)33/h11-12,14-15,17-19,21,29H,3-10,13,16H2,1-2H3. The highest BCUT2D eigenvalue weighted by molar-refractivity contribution is 5.75. The molecule has 0 radical (unpaired) electrons. The maximum absolute atomic E-state index is 14.0. The number of hydrogen-bond donors (Lipinski definition) is 1. The smallest absolute Gasteiger partial charge is 0.251 e. The Balaban J connectivity index is 1.27. The number of rotatable bonds is 9. The van der Waals surface area contributed by atoms with Crippen molar-refractivity contribution in [2.75, 3.05) is 7.11 Å². The van der Waals surface area contributed by atoms with Gasteiger partial charge in [0.1, 0.15) is 11.6 Å². The van der Waals surface area contributed by atoms with E-state index in [-0.39, 0.29) is 11.4 Å². The molecular weight excluding hydrogens is 431 g/mol. The third-order valence-corrected chi connectivity index (χ3v) is 7.03. The van der Waals surface area contributed by atoms with E-state index in [2.05, 4.69) is 15.3 Å². The van der Waals surface area contributed by atoms with Crippen LogP contribution < -0.4 is 15.6 Å². The maximum Gasteiger partial charge on any atom is 0.251 e. The van der Waals surface area contributed by atoms with Gasteiger partial charge in [-0.25, -0.2) is 4.39 Å². The van der Waals surface area contributed by atoms with Crippen LogP contribution in [0.4, 0.5) is 4.39 Å². The molecule has 3 aromatic heterocycles. The Morgan fingerprint density at radius 3 is 2.82 bits per heavy atom. The van der Waals surface area contributed by atoms with Crippen LogP contribution in [0.25, 0.3) is 11.0 Å². The minimum absolute atomic E-state index is 0.00517. The first-order valence-corrected chi connectivity index (χ1v) is 12.5. The third-order valence-electron chi connectivity index (χ3n) is 7.03. The van der Waals surface area contributed by atoms with Gasteiger partial charge in [-0.1, -0.05) is 19.8 Å². The lowest BCUT2D eigenvalue weighted by Gasteiger charge is -2.17. The Kier molecular flexibility index (Phi) is 8.27. The van der Waals surface area contributed by atoms with Crippen molar-refractivity contribution in [1.82, 2.24) is 19.9 Å². The van der Waals surface area contributed by atoms with Crippen molar-refractivity contribution in [2.45, 2.75) is 77.4 Å². The molecule has 7 heteroatoms. The van der Waals surface area contributed by atoms with Crippen LogP contribution in [0.2, 0.25) is 0 Å². The molecule has 0 bridgehead atoms. The van der Waals surface area contributed by atoms with Gasteiger partial charge in [0.25, 0.3) is 5.56 Å². The number of nitrogens with one attached hydrogen (secondary N) is 1. The second-order valence-corrected chi connectivity index (χ2v) is 9.32.